The normalized spacial score (nSPS) is 11.1. The molecule has 3 nitrogen and oxygen atoms in total. The second kappa shape index (κ2) is 7.94. The molecule has 0 radical (unpaired) electrons. The van der Waals surface area contributed by atoms with Gasteiger partial charge in [-0.3, -0.25) is 9.36 Å². The molecule has 0 saturated carbocycles. The van der Waals surface area contributed by atoms with Gasteiger partial charge in [-0.15, -0.1) is 0 Å². The third-order valence-corrected chi connectivity index (χ3v) is 6.16. The van der Waals surface area contributed by atoms with E-state index < -0.39 is 0 Å². The highest BCUT2D eigenvalue weighted by Gasteiger charge is 2.15. The summed E-state index contributed by atoms with van der Waals surface area (Å²) in [6, 6.07) is 21.9. The maximum atomic E-state index is 13.3. The molecule has 0 bridgehead atoms. The van der Waals surface area contributed by atoms with Crippen molar-refractivity contribution in [2.75, 3.05) is 0 Å². The van der Waals surface area contributed by atoms with E-state index in [0.29, 0.717) is 10.5 Å². The first-order chi connectivity index (χ1) is 13.5. The molecule has 0 amide bonds. The Bertz CT molecular complexity index is 1220. The quantitative estimate of drug-likeness (QED) is 0.280. The Labute approximate surface area is 176 Å². The van der Waals surface area contributed by atoms with E-state index in [4.69, 9.17) is 4.98 Å². The van der Waals surface area contributed by atoms with E-state index in [1.54, 1.807) is 16.3 Å². The lowest BCUT2D eigenvalue weighted by molar-refractivity contribution is 0.814. The molecule has 3 aromatic carbocycles. The van der Waals surface area contributed by atoms with Crippen LogP contribution in [0, 0.1) is 13.8 Å². The number of fused-ring (bicyclic) bond motifs is 1. The predicted molar refractivity (Wildman–Crippen MR) is 121 cm³/mol. The van der Waals surface area contributed by atoms with E-state index in [2.05, 4.69) is 41.1 Å². The molecule has 1 heterocycles. The number of thioether (sulfide) groups is 1. The molecule has 0 unspecified atom stereocenters. The van der Waals surface area contributed by atoms with Gasteiger partial charge in [-0.25, -0.2) is 4.98 Å². The van der Waals surface area contributed by atoms with E-state index in [9.17, 15) is 4.79 Å². The SMILES string of the molecule is Cc1ccc(-n2c(SCc3ccc(Br)cc3)nc3ccccc3c2=O)c(C)c1. The van der Waals surface area contributed by atoms with Gasteiger partial charge in [0.25, 0.3) is 5.56 Å². The lowest BCUT2D eigenvalue weighted by Gasteiger charge is -2.15. The number of nitrogens with zero attached hydrogens (tertiary/aromatic N) is 2. The number of hydrogen-bond acceptors (Lipinski definition) is 3. The van der Waals surface area contributed by atoms with Gasteiger partial charge in [0, 0.05) is 10.2 Å². The minimum absolute atomic E-state index is 0.0316. The number of aromatic nitrogens is 2. The van der Waals surface area contributed by atoms with Gasteiger partial charge < -0.3 is 0 Å². The highest BCUT2D eigenvalue weighted by atomic mass is 79.9. The lowest BCUT2D eigenvalue weighted by atomic mass is 10.1. The predicted octanol–water partition coefficient (Wildman–Crippen LogP) is 6.06. The van der Waals surface area contributed by atoms with Crippen molar-refractivity contribution in [3.05, 3.63) is 98.2 Å². The molecule has 4 rings (SSSR count). The van der Waals surface area contributed by atoms with Gasteiger partial charge in [0.1, 0.15) is 0 Å². The molecule has 0 saturated heterocycles. The number of halogens is 1. The Morgan fingerprint density at radius 2 is 1.75 bits per heavy atom. The first-order valence-corrected chi connectivity index (χ1v) is 10.8. The molecule has 0 fully saturated rings. The molecule has 0 aliphatic carbocycles. The van der Waals surface area contributed by atoms with Crippen LogP contribution in [0.3, 0.4) is 0 Å². The van der Waals surface area contributed by atoms with Crippen LogP contribution in [0.2, 0.25) is 0 Å². The van der Waals surface area contributed by atoms with Crippen LogP contribution in [0.15, 0.2) is 81.2 Å². The van der Waals surface area contributed by atoms with Crippen LogP contribution in [0.1, 0.15) is 16.7 Å². The van der Waals surface area contributed by atoms with Gasteiger partial charge in [-0.05, 0) is 55.3 Å². The summed E-state index contributed by atoms with van der Waals surface area (Å²) < 4.78 is 2.80. The molecule has 1 aromatic heterocycles. The highest BCUT2D eigenvalue weighted by Crippen LogP contribution is 2.26. The molecule has 28 heavy (non-hydrogen) atoms. The average Bonchev–Trinajstić information content (AvgIpc) is 2.69. The summed E-state index contributed by atoms with van der Waals surface area (Å²) >= 11 is 5.05. The summed E-state index contributed by atoms with van der Waals surface area (Å²) in [6.07, 6.45) is 0. The summed E-state index contributed by atoms with van der Waals surface area (Å²) in [5.74, 6) is 0.739. The molecule has 0 atom stereocenters. The van der Waals surface area contributed by atoms with Crippen molar-refractivity contribution < 1.29 is 0 Å². The fourth-order valence-corrected chi connectivity index (χ4v) is 4.43. The molecule has 0 spiro atoms. The fourth-order valence-electron chi connectivity index (χ4n) is 3.21. The maximum Gasteiger partial charge on any atom is 0.266 e. The molecule has 140 valence electrons. The Morgan fingerprint density at radius 3 is 2.50 bits per heavy atom. The number of benzene rings is 3. The molecule has 4 aromatic rings. The zero-order chi connectivity index (χ0) is 19.7. The van der Waals surface area contributed by atoms with Crippen molar-refractivity contribution in [3.8, 4) is 5.69 Å². The minimum atomic E-state index is -0.0316. The third-order valence-electron chi connectivity index (χ3n) is 4.62. The summed E-state index contributed by atoms with van der Waals surface area (Å²) in [4.78, 5) is 18.2. The lowest BCUT2D eigenvalue weighted by Crippen LogP contribution is -2.22. The zero-order valence-electron chi connectivity index (χ0n) is 15.6. The van der Waals surface area contributed by atoms with Gasteiger partial charge in [-0.1, -0.05) is 69.7 Å². The van der Waals surface area contributed by atoms with Crippen LogP contribution in [0.25, 0.3) is 16.6 Å². The van der Waals surface area contributed by atoms with E-state index >= 15 is 0 Å². The number of hydrogen-bond donors (Lipinski definition) is 0. The van der Waals surface area contributed by atoms with E-state index in [1.165, 1.54) is 11.1 Å². The largest absolute Gasteiger partial charge is 0.268 e. The Balaban J connectivity index is 1.85. The number of rotatable bonds is 4. The second-order valence-corrected chi connectivity index (χ2v) is 8.62. The molecular weight excluding hydrogens is 432 g/mol. The summed E-state index contributed by atoms with van der Waals surface area (Å²) in [7, 11) is 0. The van der Waals surface area contributed by atoms with E-state index in [0.717, 1.165) is 27.0 Å². The summed E-state index contributed by atoms with van der Waals surface area (Å²) in [5, 5.41) is 1.34. The molecule has 0 N–H and O–H groups in total. The standard InChI is InChI=1S/C23H19BrN2OS/c1-15-7-12-21(16(2)13-15)26-22(27)19-5-3-4-6-20(19)25-23(26)28-14-17-8-10-18(24)11-9-17/h3-13H,14H2,1-2H3. The van der Waals surface area contributed by atoms with Gasteiger partial charge in [0.15, 0.2) is 5.16 Å². The van der Waals surface area contributed by atoms with E-state index in [-0.39, 0.29) is 5.56 Å². The molecule has 0 aliphatic rings. The molecule has 0 aliphatic heterocycles. The third kappa shape index (κ3) is 3.77. The van der Waals surface area contributed by atoms with Crippen LogP contribution in [-0.2, 0) is 5.75 Å². The van der Waals surface area contributed by atoms with Crippen molar-refractivity contribution in [2.24, 2.45) is 0 Å². The zero-order valence-corrected chi connectivity index (χ0v) is 18.0. The topological polar surface area (TPSA) is 34.9 Å². The smallest absolute Gasteiger partial charge is 0.266 e. The molecular formula is C23H19BrN2OS. The Kier molecular flexibility index (Phi) is 5.38. The summed E-state index contributed by atoms with van der Waals surface area (Å²) in [6.45, 7) is 4.09. The van der Waals surface area contributed by atoms with Crippen molar-refractivity contribution in [1.29, 1.82) is 0 Å². The summed E-state index contributed by atoms with van der Waals surface area (Å²) in [5.41, 5.74) is 4.99. The van der Waals surface area contributed by atoms with Crippen molar-refractivity contribution >= 4 is 38.6 Å². The van der Waals surface area contributed by atoms with Crippen LogP contribution in [0.4, 0.5) is 0 Å². The van der Waals surface area contributed by atoms with Crippen LogP contribution < -0.4 is 5.56 Å². The van der Waals surface area contributed by atoms with Gasteiger partial charge >= 0.3 is 0 Å². The van der Waals surface area contributed by atoms with Gasteiger partial charge in [-0.2, -0.15) is 0 Å². The number of aryl methyl sites for hydroxylation is 2. The first kappa shape index (κ1) is 19.0. The number of para-hydroxylation sites is 1. The Hall–Kier alpha value is -2.37. The Morgan fingerprint density at radius 1 is 1.00 bits per heavy atom. The first-order valence-electron chi connectivity index (χ1n) is 8.99. The van der Waals surface area contributed by atoms with Crippen LogP contribution >= 0.6 is 27.7 Å². The second-order valence-electron chi connectivity index (χ2n) is 6.76. The van der Waals surface area contributed by atoms with Gasteiger partial charge in [0.2, 0.25) is 0 Å². The van der Waals surface area contributed by atoms with Crippen molar-refractivity contribution in [1.82, 2.24) is 9.55 Å². The van der Waals surface area contributed by atoms with E-state index in [1.807, 2.05) is 55.5 Å². The average molecular weight is 451 g/mol. The molecule has 5 heteroatoms. The van der Waals surface area contributed by atoms with Gasteiger partial charge in [0.05, 0.1) is 16.6 Å². The van der Waals surface area contributed by atoms with Crippen molar-refractivity contribution in [3.63, 3.8) is 0 Å². The highest BCUT2D eigenvalue weighted by molar-refractivity contribution is 9.10. The fraction of sp³-hybridized carbons (Fsp3) is 0.130. The minimum Gasteiger partial charge on any atom is -0.268 e. The van der Waals surface area contributed by atoms with Crippen LogP contribution in [-0.4, -0.2) is 9.55 Å². The van der Waals surface area contributed by atoms with Crippen LogP contribution in [0.5, 0.6) is 0 Å². The maximum absolute atomic E-state index is 13.3. The van der Waals surface area contributed by atoms with Crippen molar-refractivity contribution in [2.45, 2.75) is 24.8 Å². The monoisotopic (exact) mass is 450 g/mol.